The van der Waals surface area contributed by atoms with Crippen molar-refractivity contribution >= 4 is 29.6 Å². The molecule has 4 aromatic rings. The number of alkyl carbamates (subject to hydrolysis) is 1. The number of hydrogen-bond acceptors (Lipinski definition) is 6. The van der Waals surface area contributed by atoms with E-state index in [0.717, 1.165) is 55.0 Å². The summed E-state index contributed by atoms with van der Waals surface area (Å²) in [6.07, 6.45) is 11.8. The average molecular weight is 709 g/mol. The van der Waals surface area contributed by atoms with Crippen LogP contribution in [0.15, 0.2) is 70.8 Å². The van der Waals surface area contributed by atoms with Gasteiger partial charge in [-0.2, -0.15) is 0 Å². The lowest BCUT2D eigenvalue weighted by molar-refractivity contribution is -0.134. The van der Waals surface area contributed by atoms with Gasteiger partial charge in [-0.1, -0.05) is 62.4 Å². The number of methoxy groups -OCH3 is 1. The van der Waals surface area contributed by atoms with Crippen molar-refractivity contribution in [1.82, 2.24) is 19.8 Å². The van der Waals surface area contributed by atoms with E-state index in [2.05, 4.69) is 76.5 Å². The molecule has 1 N–H and O–H groups in total. The molecule has 2 aliphatic carbocycles. The highest BCUT2D eigenvalue weighted by Gasteiger charge is 2.41. The molecule has 1 saturated heterocycles. The van der Waals surface area contributed by atoms with E-state index in [-0.39, 0.29) is 23.9 Å². The number of amides is 2. The Morgan fingerprint density at radius 2 is 1.62 bits per heavy atom. The summed E-state index contributed by atoms with van der Waals surface area (Å²) in [5, 5.41) is 2.76. The zero-order valence-corrected chi connectivity index (χ0v) is 31.1. The van der Waals surface area contributed by atoms with Gasteiger partial charge < -0.3 is 19.5 Å². The fraction of sp³-hybridized carbons (Fsp3) is 0.432. The predicted octanol–water partition coefficient (Wildman–Crippen LogP) is 8.69. The third-order valence-corrected chi connectivity index (χ3v) is 12.5. The van der Waals surface area contributed by atoms with E-state index in [1.165, 1.54) is 65.3 Å². The molecule has 2 amide bonds. The monoisotopic (exact) mass is 708 g/mol. The maximum absolute atomic E-state index is 13.8. The Kier molecular flexibility index (Phi) is 8.55. The van der Waals surface area contributed by atoms with Crippen LogP contribution in [0, 0.1) is 5.92 Å². The first-order valence-electron chi connectivity index (χ1n) is 19.5. The van der Waals surface area contributed by atoms with Crippen molar-refractivity contribution in [2.45, 2.75) is 95.2 Å². The first-order valence-corrected chi connectivity index (χ1v) is 19.5. The molecular weight excluding hydrogens is 661 g/mol. The van der Waals surface area contributed by atoms with Crippen LogP contribution in [-0.4, -0.2) is 64.1 Å². The summed E-state index contributed by atoms with van der Waals surface area (Å²) in [5.41, 5.74) is 13.8. The molecule has 9 heteroatoms. The zero-order valence-electron chi connectivity index (χ0n) is 31.1. The molecule has 1 saturated carbocycles. The van der Waals surface area contributed by atoms with Crippen molar-refractivity contribution < 1.29 is 14.3 Å². The Bertz CT molecular complexity index is 2160. The third-order valence-electron chi connectivity index (χ3n) is 12.5. The topological polar surface area (TPSA) is 101 Å². The molecule has 9 rings (SSSR count). The van der Waals surface area contributed by atoms with Crippen LogP contribution in [0.5, 0.6) is 0 Å². The number of hydrogen-bond donors (Lipinski definition) is 1. The van der Waals surface area contributed by atoms with Crippen LogP contribution in [-0.2, 0) is 23.0 Å². The van der Waals surface area contributed by atoms with Crippen molar-refractivity contribution in [2.75, 3.05) is 13.7 Å². The number of likely N-dealkylation sites (tertiary alicyclic amines) is 1. The number of aliphatic imine (C=N–C) groups is 2. The van der Waals surface area contributed by atoms with Crippen LogP contribution in [0.1, 0.15) is 99.2 Å². The molecule has 53 heavy (non-hydrogen) atoms. The van der Waals surface area contributed by atoms with Crippen LogP contribution in [0.4, 0.5) is 10.5 Å². The highest BCUT2D eigenvalue weighted by Crippen LogP contribution is 2.58. The lowest BCUT2D eigenvalue weighted by Gasteiger charge is -2.30. The summed E-state index contributed by atoms with van der Waals surface area (Å²) in [4.78, 5) is 42.3. The highest BCUT2D eigenvalue weighted by atomic mass is 16.5. The Balaban J connectivity index is 0.992. The van der Waals surface area contributed by atoms with E-state index in [9.17, 15) is 9.59 Å². The van der Waals surface area contributed by atoms with Crippen LogP contribution in [0.2, 0.25) is 0 Å². The first kappa shape index (κ1) is 33.8. The highest BCUT2D eigenvalue weighted by molar-refractivity contribution is 6.01. The molecule has 2 bridgehead atoms. The Morgan fingerprint density at radius 1 is 0.906 bits per heavy atom. The first-order chi connectivity index (χ1) is 25.8. The maximum Gasteiger partial charge on any atom is 0.407 e. The minimum Gasteiger partial charge on any atom is -0.453 e. The largest absolute Gasteiger partial charge is 0.453 e. The van der Waals surface area contributed by atoms with Gasteiger partial charge >= 0.3 is 6.09 Å². The molecular formula is C44H48N6O3. The summed E-state index contributed by atoms with van der Waals surface area (Å²) in [7, 11) is 3.43. The van der Waals surface area contributed by atoms with Gasteiger partial charge in [-0.3, -0.25) is 14.8 Å². The summed E-state index contributed by atoms with van der Waals surface area (Å²) < 4.78 is 7.02. The number of nitrogens with one attached hydrogen (secondary N) is 1. The minimum absolute atomic E-state index is 0.0618. The fourth-order valence-electron chi connectivity index (χ4n) is 9.87. The normalized spacial score (nSPS) is 23.0. The molecule has 272 valence electrons. The van der Waals surface area contributed by atoms with Crippen LogP contribution in [0.3, 0.4) is 0 Å². The van der Waals surface area contributed by atoms with Crippen molar-refractivity contribution in [1.29, 1.82) is 0 Å². The Morgan fingerprint density at radius 3 is 2.32 bits per heavy atom. The summed E-state index contributed by atoms with van der Waals surface area (Å²) in [6.45, 7) is 4.56. The van der Waals surface area contributed by atoms with E-state index in [1.807, 2.05) is 31.2 Å². The maximum atomic E-state index is 13.8. The Labute approximate surface area is 311 Å². The molecule has 3 aliphatic heterocycles. The van der Waals surface area contributed by atoms with Gasteiger partial charge in [0, 0.05) is 25.7 Å². The second kappa shape index (κ2) is 13.4. The second-order valence-electron chi connectivity index (χ2n) is 15.9. The van der Waals surface area contributed by atoms with Gasteiger partial charge in [0.2, 0.25) is 5.91 Å². The second-order valence-corrected chi connectivity index (χ2v) is 15.9. The molecule has 4 heterocycles. The predicted molar refractivity (Wildman–Crippen MR) is 209 cm³/mol. The lowest BCUT2D eigenvalue weighted by atomic mass is 9.81. The SMILES string of the molecule is COC(=O)N[C@H](C(=O)N1CCC[C@H]1C1=Nc2cc(-c3ccc(-c4ccc(-c5cnc([C@@H]6CCC=N6)n5C)cc4)c4c3[C@H]3CC[C@@H]4C3)ccc2C1)C(C)C. The van der Waals surface area contributed by atoms with Crippen LogP contribution in [0.25, 0.3) is 33.5 Å². The van der Waals surface area contributed by atoms with Gasteiger partial charge in [0.15, 0.2) is 0 Å². The number of fused-ring (bicyclic) bond motifs is 6. The van der Waals surface area contributed by atoms with E-state index >= 15 is 0 Å². The number of carbonyl (C=O) groups excluding carboxylic acids is 2. The molecule has 5 atom stereocenters. The van der Waals surface area contributed by atoms with Crippen molar-refractivity contribution in [3.8, 4) is 33.5 Å². The number of aromatic nitrogens is 2. The van der Waals surface area contributed by atoms with Crippen molar-refractivity contribution in [2.24, 2.45) is 23.0 Å². The van der Waals surface area contributed by atoms with Crippen LogP contribution >= 0.6 is 0 Å². The number of ether oxygens (including phenoxy) is 1. The van der Waals surface area contributed by atoms with E-state index in [4.69, 9.17) is 14.7 Å². The summed E-state index contributed by atoms with van der Waals surface area (Å²) in [5.74, 6) is 2.11. The molecule has 0 radical (unpaired) electrons. The molecule has 9 nitrogen and oxygen atoms in total. The van der Waals surface area contributed by atoms with Gasteiger partial charge in [-0.25, -0.2) is 9.78 Å². The van der Waals surface area contributed by atoms with Gasteiger partial charge in [-0.05, 0) is 119 Å². The van der Waals surface area contributed by atoms with E-state index < -0.39 is 12.1 Å². The lowest BCUT2D eigenvalue weighted by Crippen LogP contribution is -2.53. The number of carbonyl (C=O) groups is 2. The Hall–Kier alpha value is -5.05. The van der Waals surface area contributed by atoms with Gasteiger partial charge in [0.1, 0.15) is 17.9 Å². The molecule has 5 aliphatic rings. The zero-order chi connectivity index (χ0) is 36.4. The number of imidazole rings is 1. The van der Waals surface area contributed by atoms with Crippen molar-refractivity contribution in [3.63, 3.8) is 0 Å². The van der Waals surface area contributed by atoms with Crippen LogP contribution < -0.4 is 5.32 Å². The molecule has 3 aromatic carbocycles. The number of rotatable bonds is 8. The molecule has 1 aromatic heterocycles. The fourth-order valence-corrected chi connectivity index (χ4v) is 9.87. The van der Waals surface area contributed by atoms with E-state index in [1.54, 1.807) is 5.56 Å². The van der Waals surface area contributed by atoms with Gasteiger partial charge in [0.05, 0.1) is 30.7 Å². The molecule has 0 spiro atoms. The molecule has 0 unspecified atom stereocenters. The third kappa shape index (κ3) is 5.79. The summed E-state index contributed by atoms with van der Waals surface area (Å²) >= 11 is 0. The van der Waals surface area contributed by atoms with Gasteiger partial charge in [0.25, 0.3) is 0 Å². The summed E-state index contributed by atoms with van der Waals surface area (Å²) in [6, 6.07) is 20.0. The minimum atomic E-state index is -0.636. The number of benzene rings is 3. The average Bonchev–Trinajstić information content (AvgIpc) is 4.03. The van der Waals surface area contributed by atoms with E-state index in [0.29, 0.717) is 18.4 Å². The molecule has 2 fully saturated rings. The van der Waals surface area contributed by atoms with Crippen molar-refractivity contribution in [3.05, 3.63) is 83.3 Å². The quantitative estimate of drug-likeness (QED) is 0.198. The standard InChI is InChI=1S/C44H48N6O3/c1-25(2)41(48-44(52)53-4)43(51)50-20-6-8-37(50)36-23-29-14-13-28(22-35(29)47-36)33-18-17-32(39-30-15-16-31(21-30)40(33)39)26-9-11-27(12-10-26)38-24-46-42(49(38)3)34-7-5-19-45-34/h9-14,17-19,22,24-25,30-31,34,37,41H,5-8,15-16,20-21,23H2,1-4H3,(H,48,52)/t30-,31+,34+,37+,41+/m1/s1. The number of nitrogens with zero attached hydrogens (tertiary/aromatic N) is 5. The smallest absolute Gasteiger partial charge is 0.407 e. The van der Waals surface area contributed by atoms with Gasteiger partial charge in [-0.15, -0.1) is 0 Å².